The lowest BCUT2D eigenvalue weighted by atomic mass is 10.0. The first-order chi connectivity index (χ1) is 10.7. The van der Waals surface area contributed by atoms with Crippen molar-refractivity contribution >= 4 is 23.2 Å². The van der Waals surface area contributed by atoms with Crippen LogP contribution in [0.25, 0.3) is 6.08 Å². The Bertz CT molecular complexity index is 650. The average molecular weight is 312 g/mol. The number of rotatable bonds is 6. The molecule has 0 fully saturated rings. The molecule has 0 aliphatic heterocycles. The number of thiocarbonyl (C=S) groups is 1. The summed E-state index contributed by atoms with van der Waals surface area (Å²) in [5.74, 6) is 1.59. The zero-order chi connectivity index (χ0) is 15.9. The van der Waals surface area contributed by atoms with Crippen molar-refractivity contribution in [3.05, 3.63) is 65.2 Å². The Hall–Kier alpha value is -2.13. The summed E-state index contributed by atoms with van der Waals surface area (Å²) in [6, 6.07) is 14.0. The van der Waals surface area contributed by atoms with Gasteiger partial charge in [-0.1, -0.05) is 49.5 Å². The zero-order valence-electron chi connectivity index (χ0n) is 13.1. The first-order valence-corrected chi connectivity index (χ1v) is 7.62. The van der Waals surface area contributed by atoms with Crippen LogP contribution in [-0.4, -0.2) is 19.1 Å². The Morgan fingerprint density at radius 2 is 1.64 bits per heavy atom. The van der Waals surface area contributed by atoms with Crippen LogP contribution in [0.3, 0.4) is 0 Å². The summed E-state index contributed by atoms with van der Waals surface area (Å²) in [5, 5.41) is 0. The van der Waals surface area contributed by atoms with Crippen LogP contribution < -0.4 is 9.47 Å². The van der Waals surface area contributed by atoms with Crippen molar-refractivity contribution in [2.75, 3.05) is 14.2 Å². The minimum absolute atomic E-state index is 0.782. The van der Waals surface area contributed by atoms with E-state index in [-0.39, 0.29) is 0 Å². The predicted octanol–water partition coefficient (Wildman–Crippen LogP) is 4.70. The molecule has 0 bridgehead atoms. The number of allylic oxidation sites excluding steroid dienone is 1. The second kappa shape index (κ2) is 7.76. The van der Waals surface area contributed by atoms with Gasteiger partial charge in [-0.15, -0.1) is 0 Å². The lowest BCUT2D eigenvalue weighted by Gasteiger charge is -2.12. The van der Waals surface area contributed by atoms with E-state index in [0.29, 0.717) is 0 Å². The van der Waals surface area contributed by atoms with Gasteiger partial charge in [0.2, 0.25) is 0 Å². The highest BCUT2D eigenvalue weighted by molar-refractivity contribution is 7.81. The minimum Gasteiger partial charge on any atom is -0.496 e. The SMILES string of the molecule is CCc1cc(OC)c(C=CC(=S)c2ccccc2)c(OC)c1. The van der Waals surface area contributed by atoms with E-state index in [1.165, 1.54) is 5.56 Å². The summed E-state index contributed by atoms with van der Waals surface area (Å²) in [6.45, 7) is 2.11. The maximum Gasteiger partial charge on any atom is 0.130 e. The highest BCUT2D eigenvalue weighted by Crippen LogP contribution is 2.32. The third kappa shape index (κ3) is 3.74. The molecule has 0 atom stereocenters. The quantitative estimate of drug-likeness (QED) is 0.438. The minimum atomic E-state index is 0.782. The van der Waals surface area contributed by atoms with Gasteiger partial charge in [0.15, 0.2) is 0 Å². The van der Waals surface area contributed by atoms with E-state index in [9.17, 15) is 0 Å². The van der Waals surface area contributed by atoms with Crippen molar-refractivity contribution in [1.82, 2.24) is 0 Å². The topological polar surface area (TPSA) is 18.5 Å². The van der Waals surface area contributed by atoms with E-state index < -0.39 is 0 Å². The Balaban J connectivity index is 2.36. The molecular weight excluding hydrogens is 292 g/mol. The molecule has 0 aliphatic carbocycles. The Morgan fingerprint density at radius 3 is 2.14 bits per heavy atom. The molecule has 0 unspecified atom stereocenters. The molecule has 0 N–H and O–H groups in total. The molecule has 114 valence electrons. The standard InChI is InChI=1S/C19H20O2S/c1-4-14-12-17(20-2)16(18(13-14)21-3)10-11-19(22)15-8-6-5-7-9-15/h5-13H,4H2,1-3H3. The molecule has 0 aromatic heterocycles. The van der Waals surface area contributed by atoms with Crippen molar-refractivity contribution < 1.29 is 9.47 Å². The van der Waals surface area contributed by atoms with Gasteiger partial charge in [-0.05, 0) is 41.8 Å². The number of ether oxygens (including phenoxy) is 2. The van der Waals surface area contributed by atoms with Crippen LogP contribution in [-0.2, 0) is 6.42 Å². The van der Waals surface area contributed by atoms with Gasteiger partial charge in [-0.25, -0.2) is 0 Å². The van der Waals surface area contributed by atoms with E-state index in [1.54, 1.807) is 14.2 Å². The van der Waals surface area contributed by atoms with Crippen molar-refractivity contribution in [1.29, 1.82) is 0 Å². The normalized spacial score (nSPS) is 10.7. The lowest BCUT2D eigenvalue weighted by molar-refractivity contribution is 0.392. The second-order valence-electron chi connectivity index (χ2n) is 4.83. The first kappa shape index (κ1) is 16.2. The van der Waals surface area contributed by atoms with Crippen LogP contribution in [0, 0.1) is 0 Å². The van der Waals surface area contributed by atoms with Gasteiger partial charge >= 0.3 is 0 Å². The van der Waals surface area contributed by atoms with Gasteiger partial charge in [0.25, 0.3) is 0 Å². The van der Waals surface area contributed by atoms with E-state index in [4.69, 9.17) is 21.7 Å². The van der Waals surface area contributed by atoms with E-state index in [1.807, 2.05) is 54.6 Å². The van der Waals surface area contributed by atoms with E-state index in [2.05, 4.69) is 6.92 Å². The highest BCUT2D eigenvalue weighted by atomic mass is 32.1. The third-order valence-corrected chi connectivity index (χ3v) is 3.84. The number of benzene rings is 2. The first-order valence-electron chi connectivity index (χ1n) is 7.22. The third-order valence-electron chi connectivity index (χ3n) is 3.47. The molecule has 3 heteroatoms. The fourth-order valence-electron chi connectivity index (χ4n) is 2.22. The number of methoxy groups -OCH3 is 2. The van der Waals surface area contributed by atoms with Gasteiger partial charge in [0.05, 0.1) is 19.8 Å². The second-order valence-corrected chi connectivity index (χ2v) is 5.27. The van der Waals surface area contributed by atoms with Gasteiger partial charge < -0.3 is 9.47 Å². The summed E-state index contributed by atoms with van der Waals surface area (Å²) in [5.41, 5.74) is 3.11. The lowest BCUT2D eigenvalue weighted by Crippen LogP contribution is -1.96. The Labute approximate surface area is 137 Å². The number of aryl methyl sites for hydroxylation is 1. The van der Waals surface area contributed by atoms with E-state index in [0.717, 1.165) is 33.9 Å². The Kier molecular flexibility index (Phi) is 5.73. The maximum atomic E-state index is 5.49. The van der Waals surface area contributed by atoms with Gasteiger partial charge in [0.1, 0.15) is 11.5 Å². The molecule has 0 saturated carbocycles. The molecule has 0 aliphatic rings. The molecule has 22 heavy (non-hydrogen) atoms. The molecular formula is C19H20O2S. The predicted molar refractivity (Wildman–Crippen MR) is 96.1 cm³/mol. The largest absolute Gasteiger partial charge is 0.496 e. The fraction of sp³-hybridized carbons (Fsp3) is 0.211. The van der Waals surface area contributed by atoms with Gasteiger partial charge in [-0.3, -0.25) is 0 Å². The molecule has 2 aromatic carbocycles. The van der Waals surface area contributed by atoms with Crippen molar-refractivity contribution in [3.63, 3.8) is 0 Å². The number of hydrogen-bond acceptors (Lipinski definition) is 3. The van der Waals surface area contributed by atoms with Gasteiger partial charge in [-0.2, -0.15) is 0 Å². The molecule has 0 amide bonds. The molecule has 0 heterocycles. The zero-order valence-corrected chi connectivity index (χ0v) is 13.9. The van der Waals surface area contributed by atoms with Crippen molar-refractivity contribution in [3.8, 4) is 11.5 Å². The molecule has 2 aromatic rings. The average Bonchev–Trinajstić information content (AvgIpc) is 2.59. The van der Waals surface area contributed by atoms with Crippen LogP contribution in [0.4, 0.5) is 0 Å². The van der Waals surface area contributed by atoms with Crippen LogP contribution in [0.2, 0.25) is 0 Å². The monoisotopic (exact) mass is 312 g/mol. The number of hydrogen-bond donors (Lipinski definition) is 0. The van der Waals surface area contributed by atoms with E-state index >= 15 is 0 Å². The van der Waals surface area contributed by atoms with Crippen LogP contribution >= 0.6 is 12.2 Å². The van der Waals surface area contributed by atoms with Crippen LogP contribution in [0.15, 0.2) is 48.5 Å². The smallest absolute Gasteiger partial charge is 0.130 e. The van der Waals surface area contributed by atoms with Crippen LogP contribution in [0.1, 0.15) is 23.6 Å². The molecule has 2 nitrogen and oxygen atoms in total. The molecule has 0 saturated heterocycles. The highest BCUT2D eigenvalue weighted by Gasteiger charge is 2.10. The molecule has 2 rings (SSSR count). The summed E-state index contributed by atoms with van der Waals surface area (Å²) < 4.78 is 11.0. The molecule has 0 spiro atoms. The summed E-state index contributed by atoms with van der Waals surface area (Å²) in [6.07, 6.45) is 4.79. The summed E-state index contributed by atoms with van der Waals surface area (Å²) in [7, 11) is 3.34. The Morgan fingerprint density at radius 1 is 1.05 bits per heavy atom. The summed E-state index contributed by atoms with van der Waals surface area (Å²) in [4.78, 5) is 0.782. The van der Waals surface area contributed by atoms with Crippen LogP contribution in [0.5, 0.6) is 11.5 Å². The van der Waals surface area contributed by atoms with Gasteiger partial charge in [0, 0.05) is 4.86 Å². The maximum absolute atomic E-state index is 5.49. The van der Waals surface area contributed by atoms with Crippen molar-refractivity contribution in [2.24, 2.45) is 0 Å². The molecule has 0 radical (unpaired) electrons. The fourth-order valence-corrected chi connectivity index (χ4v) is 2.42. The summed E-state index contributed by atoms with van der Waals surface area (Å²) >= 11 is 5.46. The van der Waals surface area contributed by atoms with Crippen molar-refractivity contribution in [2.45, 2.75) is 13.3 Å².